The Balaban J connectivity index is 0. The van der Waals surface area contributed by atoms with Gasteiger partial charge in [0.1, 0.15) is 12.9 Å². The van der Waals surface area contributed by atoms with Crippen molar-refractivity contribution in [2.45, 2.75) is 26.9 Å². The summed E-state index contributed by atoms with van der Waals surface area (Å²) in [5.74, 6) is 0. The van der Waals surface area contributed by atoms with Gasteiger partial charge < -0.3 is 9.63 Å². The van der Waals surface area contributed by atoms with E-state index in [-0.39, 0.29) is 6.10 Å². The van der Waals surface area contributed by atoms with Crippen LogP contribution in [0, 0.1) is 17.0 Å². The van der Waals surface area contributed by atoms with Crippen molar-refractivity contribution in [2.24, 2.45) is 9.98 Å². The fraction of sp³-hybridized carbons (Fsp3) is 0.308. The molecule has 9 heteroatoms. The van der Waals surface area contributed by atoms with E-state index < -0.39 is 5.09 Å². The van der Waals surface area contributed by atoms with Crippen molar-refractivity contribution in [3.8, 4) is 0 Å². The van der Waals surface area contributed by atoms with E-state index >= 15 is 0 Å². The van der Waals surface area contributed by atoms with Crippen LogP contribution in [0.3, 0.4) is 0 Å². The second-order valence-corrected chi connectivity index (χ2v) is 3.75. The Morgan fingerprint density at radius 2 is 1.77 bits per heavy atom. The van der Waals surface area contributed by atoms with Crippen LogP contribution in [0.2, 0.25) is 0 Å². The van der Waals surface area contributed by atoms with Gasteiger partial charge in [-0.1, -0.05) is 6.07 Å². The zero-order valence-electron chi connectivity index (χ0n) is 12.3. The van der Waals surface area contributed by atoms with Gasteiger partial charge in [0.2, 0.25) is 12.2 Å². The van der Waals surface area contributed by atoms with Gasteiger partial charge in [-0.25, -0.2) is 9.59 Å². The van der Waals surface area contributed by atoms with Gasteiger partial charge in [-0.2, -0.15) is 9.98 Å². The van der Waals surface area contributed by atoms with E-state index in [1.54, 1.807) is 32.9 Å². The van der Waals surface area contributed by atoms with Gasteiger partial charge in [-0.3, -0.25) is 0 Å². The van der Waals surface area contributed by atoms with Crippen LogP contribution < -0.4 is 0 Å². The maximum absolute atomic E-state index is 10.00. The summed E-state index contributed by atoms with van der Waals surface area (Å²) in [5.41, 5.74) is 1.72. The number of carbonyl (C=O) groups is 1. The summed E-state index contributed by atoms with van der Waals surface area (Å²) in [7, 11) is 0. The van der Waals surface area contributed by atoms with Gasteiger partial charge in [-0.05, 0) is 38.5 Å². The third-order valence-electron chi connectivity index (χ3n) is 1.83. The lowest BCUT2D eigenvalue weighted by atomic mass is 10.2. The van der Waals surface area contributed by atoms with Crippen LogP contribution in [0.25, 0.3) is 0 Å². The Bertz CT molecular complexity index is 575. The molecule has 0 N–H and O–H groups in total. The third-order valence-corrected chi connectivity index (χ3v) is 1.83. The molecule has 0 aliphatic rings. The summed E-state index contributed by atoms with van der Waals surface area (Å²) in [6.07, 6.45) is 2.51. The van der Waals surface area contributed by atoms with Gasteiger partial charge in [-0.15, -0.1) is 10.1 Å². The SMILES string of the molecule is C=O.CC(C)O[N+](=O)[O-].Cc1ccc(N=C=O)cc1N=C=O. The van der Waals surface area contributed by atoms with E-state index in [4.69, 9.17) is 4.79 Å². The third kappa shape index (κ3) is 10.7. The van der Waals surface area contributed by atoms with E-state index in [9.17, 15) is 19.7 Å². The molecular weight excluding hydrogens is 294 g/mol. The second-order valence-electron chi connectivity index (χ2n) is 3.75. The van der Waals surface area contributed by atoms with Crippen molar-refractivity contribution in [2.75, 3.05) is 0 Å². The van der Waals surface area contributed by atoms with Gasteiger partial charge >= 0.3 is 0 Å². The quantitative estimate of drug-likeness (QED) is 0.363. The maximum atomic E-state index is 10.00. The summed E-state index contributed by atoms with van der Waals surface area (Å²) in [5, 5.41) is 8.59. The first kappa shape index (κ1) is 21.2. The van der Waals surface area contributed by atoms with E-state index in [0.717, 1.165) is 5.56 Å². The molecule has 0 saturated carbocycles. The molecule has 0 spiro atoms. The smallest absolute Gasteiger partial charge is 0.294 e. The minimum atomic E-state index is -0.801. The van der Waals surface area contributed by atoms with E-state index in [2.05, 4.69) is 14.8 Å². The molecule has 0 fully saturated rings. The van der Waals surface area contributed by atoms with Crippen LogP contribution in [0.15, 0.2) is 28.2 Å². The van der Waals surface area contributed by atoms with Crippen molar-refractivity contribution >= 4 is 30.3 Å². The first-order valence-electron chi connectivity index (χ1n) is 5.77. The molecule has 22 heavy (non-hydrogen) atoms. The predicted octanol–water partition coefficient (Wildman–Crippen LogP) is 2.35. The molecule has 1 aromatic rings. The standard InChI is InChI=1S/C9H6N2O2.C3H7NO3.CH2O/c1-7-2-3-8(10-5-12)4-9(7)11-6-13;1-3(2)7-4(5)6;1-2/h2-4H,1H3;3H,1-2H3;1H2. The Morgan fingerprint density at radius 1 is 1.23 bits per heavy atom. The van der Waals surface area contributed by atoms with Gasteiger partial charge in [0.25, 0.3) is 5.09 Å². The topological polar surface area (TPSA) is 128 Å². The lowest BCUT2D eigenvalue weighted by molar-refractivity contribution is -0.766. The molecule has 1 rings (SSSR count). The molecule has 0 aromatic heterocycles. The van der Waals surface area contributed by atoms with Crippen LogP contribution in [-0.2, 0) is 19.2 Å². The number of hydrogen-bond donors (Lipinski definition) is 0. The summed E-state index contributed by atoms with van der Waals surface area (Å²) in [6.45, 7) is 7.00. The lowest BCUT2D eigenvalue weighted by Gasteiger charge is -1.97. The Labute approximate surface area is 126 Å². The number of rotatable bonds is 4. The Kier molecular flexibility index (Phi) is 12.4. The molecule has 1 aromatic carbocycles. The van der Waals surface area contributed by atoms with Crippen molar-refractivity contribution in [1.29, 1.82) is 0 Å². The number of hydrogen-bond acceptors (Lipinski definition) is 8. The minimum absolute atomic E-state index is 0.324. The molecule has 0 unspecified atom stereocenters. The highest BCUT2D eigenvalue weighted by Crippen LogP contribution is 2.23. The highest BCUT2D eigenvalue weighted by atomic mass is 17.0. The van der Waals surface area contributed by atoms with Crippen LogP contribution in [0.5, 0.6) is 0 Å². The molecule has 0 bridgehead atoms. The number of benzene rings is 1. The van der Waals surface area contributed by atoms with Crippen LogP contribution in [0.1, 0.15) is 19.4 Å². The van der Waals surface area contributed by atoms with Crippen molar-refractivity contribution in [1.82, 2.24) is 0 Å². The average molecular weight is 309 g/mol. The number of aliphatic imine (C=N–C) groups is 2. The monoisotopic (exact) mass is 309 g/mol. The van der Waals surface area contributed by atoms with Crippen LogP contribution in [0.4, 0.5) is 11.4 Å². The van der Waals surface area contributed by atoms with E-state index in [0.29, 0.717) is 11.4 Å². The molecular formula is C13H15N3O6. The molecule has 0 radical (unpaired) electrons. The van der Waals surface area contributed by atoms with E-state index in [1.807, 2.05) is 6.79 Å². The highest BCUT2D eigenvalue weighted by molar-refractivity contribution is 5.61. The second kappa shape index (κ2) is 12.9. The molecule has 0 aliphatic carbocycles. The molecule has 118 valence electrons. The molecule has 0 atom stereocenters. The number of aryl methyl sites for hydroxylation is 1. The van der Waals surface area contributed by atoms with Crippen molar-refractivity contribution in [3.05, 3.63) is 33.9 Å². The average Bonchev–Trinajstić information content (AvgIpc) is 2.44. The zero-order chi connectivity index (χ0) is 17.5. The fourth-order valence-electron chi connectivity index (χ4n) is 1.06. The van der Waals surface area contributed by atoms with Crippen molar-refractivity contribution in [3.63, 3.8) is 0 Å². The van der Waals surface area contributed by atoms with Gasteiger partial charge in [0.15, 0.2) is 0 Å². The maximum Gasteiger partial charge on any atom is 0.294 e. The zero-order valence-corrected chi connectivity index (χ0v) is 12.3. The normalized spacial score (nSPS) is 8.00. The number of carbonyl (C=O) groups excluding carboxylic acids is 3. The summed E-state index contributed by atoms with van der Waals surface area (Å²) < 4.78 is 0. The van der Waals surface area contributed by atoms with Crippen molar-refractivity contribution < 1.29 is 24.3 Å². The molecule has 0 heterocycles. The number of isocyanates is 2. The molecule has 0 amide bonds. The Hall–Kier alpha value is -3.15. The summed E-state index contributed by atoms with van der Waals surface area (Å²) >= 11 is 0. The van der Waals surface area contributed by atoms with Gasteiger partial charge in [0.05, 0.1) is 11.4 Å². The fourth-order valence-corrected chi connectivity index (χ4v) is 1.06. The van der Waals surface area contributed by atoms with Crippen LogP contribution in [-0.4, -0.2) is 30.1 Å². The molecule has 9 nitrogen and oxygen atoms in total. The molecule has 0 aliphatic heterocycles. The Morgan fingerprint density at radius 3 is 2.14 bits per heavy atom. The summed E-state index contributed by atoms with van der Waals surface area (Å²) in [4.78, 5) is 48.1. The lowest BCUT2D eigenvalue weighted by Crippen LogP contribution is -2.07. The molecule has 0 saturated heterocycles. The number of nitrogens with zero attached hydrogens (tertiary/aromatic N) is 3. The predicted molar refractivity (Wildman–Crippen MR) is 77.1 cm³/mol. The first-order valence-corrected chi connectivity index (χ1v) is 5.77. The minimum Gasteiger partial charge on any atom is -0.311 e. The first-order chi connectivity index (χ1) is 10.4. The van der Waals surface area contributed by atoms with Crippen LogP contribution >= 0.6 is 0 Å². The largest absolute Gasteiger partial charge is 0.311 e. The highest BCUT2D eigenvalue weighted by Gasteiger charge is 1.97. The van der Waals surface area contributed by atoms with Gasteiger partial charge in [0, 0.05) is 0 Å². The van der Waals surface area contributed by atoms with E-state index in [1.165, 1.54) is 18.2 Å². The summed E-state index contributed by atoms with van der Waals surface area (Å²) in [6, 6.07) is 4.88.